The summed E-state index contributed by atoms with van der Waals surface area (Å²) in [4.78, 5) is 22.3. The van der Waals surface area contributed by atoms with Gasteiger partial charge in [-0.15, -0.1) is 5.10 Å². The van der Waals surface area contributed by atoms with Gasteiger partial charge in [-0.1, -0.05) is 0 Å². The molecule has 0 radical (unpaired) electrons. The van der Waals surface area contributed by atoms with Crippen LogP contribution in [-0.2, 0) is 13.0 Å². The van der Waals surface area contributed by atoms with Gasteiger partial charge >= 0.3 is 0 Å². The van der Waals surface area contributed by atoms with Crippen molar-refractivity contribution in [2.75, 3.05) is 24.6 Å². The number of fused-ring (bicyclic) bond motifs is 1. The quantitative estimate of drug-likeness (QED) is 0.753. The molecule has 0 unspecified atom stereocenters. The first kappa shape index (κ1) is 13.3. The second-order valence-electron chi connectivity index (χ2n) is 5.06. The van der Waals surface area contributed by atoms with Crippen molar-refractivity contribution in [3.05, 3.63) is 29.2 Å². The number of aromatic nitrogens is 4. The molecule has 8 heteroatoms. The highest BCUT2D eigenvalue weighted by Crippen LogP contribution is 2.20. The molecule has 2 aromatic heterocycles. The number of rotatable bonds is 3. The zero-order valence-corrected chi connectivity index (χ0v) is 11.8. The number of H-pyrrole nitrogens is 1. The fourth-order valence-electron chi connectivity index (χ4n) is 2.36. The van der Waals surface area contributed by atoms with E-state index < -0.39 is 0 Å². The van der Waals surface area contributed by atoms with Crippen LogP contribution in [-0.4, -0.2) is 44.6 Å². The molecule has 0 atom stereocenters. The highest BCUT2D eigenvalue weighted by atomic mass is 16.2. The molecule has 0 aromatic carbocycles. The molecule has 0 saturated heterocycles. The molecule has 1 aliphatic rings. The van der Waals surface area contributed by atoms with E-state index in [1.807, 2.05) is 6.07 Å². The van der Waals surface area contributed by atoms with Crippen LogP contribution in [0.25, 0.3) is 0 Å². The van der Waals surface area contributed by atoms with Gasteiger partial charge in [0.1, 0.15) is 11.6 Å². The van der Waals surface area contributed by atoms with Crippen LogP contribution in [0.1, 0.15) is 28.2 Å². The molecular weight excluding hydrogens is 270 g/mol. The van der Waals surface area contributed by atoms with Gasteiger partial charge in [0.2, 0.25) is 5.95 Å². The number of aromatic amines is 1. The molecule has 3 heterocycles. The van der Waals surface area contributed by atoms with E-state index in [2.05, 4.69) is 25.5 Å². The smallest absolute Gasteiger partial charge is 0.255 e. The minimum absolute atomic E-state index is 0.106. The van der Waals surface area contributed by atoms with Crippen LogP contribution in [0.2, 0.25) is 0 Å². The second kappa shape index (κ2) is 5.39. The topological polar surface area (TPSA) is 113 Å². The average molecular weight is 287 g/mol. The molecule has 0 aliphatic carbocycles. The Morgan fingerprint density at radius 1 is 1.52 bits per heavy atom. The van der Waals surface area contributed by atoms with Crippen molar-refractivity contribution in [1.29, 1.82) is 0 Å². The number of anilines is 2. The maximum absolute atomic E-state index is 12.4. The molecule has 2 aromatic rings. The normalized spacial score (nSPS) is 13.4. The van der Waals surface area contributed by atoms with E-state index in [0.717, 1.165) is 30.8 Å². The molecule has 110 valence electrons. The summed E-state index contributed by atoms with van der Waals surface area (Å²) in [6.45, 7) is 1.25. The Hall–Kier alpha value is -2.64. The maximum atomic E-state index is 12.4. The van der Waals surface area contributed by atoms with E-state index in [-0.39, 0.29) is 11.9 Å². The molecule has 8 nitrogen and oxygen atoms in total. The minimum Gasteiger partial charge on any atom is -0.370 e. The third kappa shape index (κ3) is 2.78. The van der Waals surface area contributed by atoms with E-state index in [9.17, 15) is 4.79 Å². The molecule has 3 rings (SSSR count). The Balaban J connectivity index is 1.75. The van der Waals surface area contributed by atoms with Crippen molar-refractivity contribution >= 4 is 17.7 Å². The number of aryl methyl sites for hydroxylation is 1. The van der Waals surface area contributed by atoms with Crippen molar-refractivity contribution in [3.63, 3.8) is 0 Å². The summed E-state index contributed by atoms with van der Waals surface area (Å²) >= 11 is 0. The first-order valence-electron chi connectivity index (χ1n) is 6.78. The number of nitrogen functional groups attached to an aromatic ring is 1. The van der Waals surface area contributed by atoms with Crippen LogP contribution in [0.15, 0.2) is 12.3 Å². The number of carbonyl (C=O) groups is 1. The number of hydrogen-bond acceptors (Lipinski definition) is 6. The second-order valence-corrected chi connectivity index (χ2v) is 5.06. The van der Waals surface area contributed by atoms with E-state index in [1.54, 1.807) is 18.1 Å². The summed E-state index contributed by atoms with van der Waals surface area (Å²) in [5.74, 6) is 1.50. The maximum Gasteiger partial charge on any atom is 0.255 e. The highest BCUT2D eigenvalue weighted by molar-refractivity contribution is 5.94. The predicted octanol–water partition coefficient (Wildman–Crippen LogP) is 0.412. The summed E-state index contributed by atoms with van der Waals surface area (Å²) < 4.78 is 0. The van der Waals surface area contributed by atoms with Gasteiger partial charge in [-0.2, -0.15) is 4.98 Å². The monoisotopic (exact) mass is 287 g/mol. The van der Waals surface area contributed by atoms with Crippen molar-refractivity contribution in [3.8, 4) is 0 Å². The van der Waals surface area contributed by atoms with E-state index in [0.29, 0.717) is 17.9 Å². The highest BCUT2D eigenvalue weighted by Gasteiger charge is 2.17. The standard InChI is InChI=1S/C13H17N7O/c1-20(7-10-17-13(14)19-18-10)12(21)9-5-8-3-2-4-15-11(8)16-6-9/h5-6H,2-4,7H2,1H3,(H,15,16)(H3,14,17,18,19). The van der Waals surface area contributed by atoms with Gasteiger partial charge in [0, 0.05) is 19.8 Å². The third-order valence-corrected chi connectivity index (χ3v) is 3.41. The van der Waals surface area contributed by atoms with E-state index in [1.165, 1.54) is 0 Å². The first-order valence-corrected chi connectivity index (χ1v) is 6.78. The van der Waals surface area contributed by atoms with Crippen LogP contribution in [0.4, 0.5) is 11.8 Å². The van der Waals surface area contributed by atoms with Crippen LogP contribution >= 0.6 is 0 Å². The fourth-order valence-corrected chi connectivity index (χ4v) is 2.36. The van der Waals surface area contributed by atoms with Gasteiger partial charge < -0.3 is 16.0 Å². The summed E-state index contributed by atoms with van der Waals surface area (Å²) in [7, 11) is 1.71. The Labute approximate surface area is 121 Å². The van der Waals surface area contributed by atoms with Gasteiger partial charge in [-0.25, -0.2) is 4.98 Å². The zero-order chi connectivity index (χ0) is 14.8. The lowest BCUT2D eigenvalue weighted by Gasteiger charge is -2.19. The fraction of sp³-hybridized carbons (Fsp3) is 0.385. The summed E-state index contributed by atoms with van der Waals surface area (Å²) in [5, 5.41) is 9.66. The first-order chi connectivity index (χ1) is 10.1. The van der Waals surface area contributed by atoms with Crippen molar-refractivity contribution in [1.82, 2.24) is 25.1 Å². The summed E-state index contributed by atoms with van der Waals surface area (Å²) in [6.07, 6.45) is 3.60. The Morgan fingerprint density at radius 2 is 2.38 bits per heavy atom. The third-order valence-electron chi connectivity index (χ3n) is 3.41. The van der Waals surface area contributed by atoms with Gasteiger partial charge in [0.05, 0.1) is 12.1 Å². The summed E-state index contributed by atoms with van der Waals surface area (Å²) in [5.41, 5.74) is 7.11. The van der Waals surface area contributed by atoms with Gasteiger partial charge in [0.15, 0.2) is 0 Å². The number of carbonyl (C=O) groups excluding carboxylic acids is 1. The molecule has 4 N–H and O–H groups in total. The van der Waals surface area contributed by atoms with Crippen molar-refractivity contribution in [2.45, 2.75) is 19.4 Å². The summed E-state index contributed by atoms with van der Waals surface area (Å²) in [6, 6.07) is 1.90. The van der Waals surface area contributed by atoms with Gasteiger partial charge in [-0.3, -0.25) is 9.89 Å². The molecule has 1 aliphatic heterocycles. The molecule has 0 saturated carbocycles. The van der Waals surface area contributed by atoms with Gasteiger partial charge in [0.25, 0.3) is 5.91 Å². The molecule has 1 amide bonds. The number of nitrogens with zero attached hydrogens (tertiary/aromatic N) is 4. The number of amides is 1. The SMILES string of the molecule is CN(Cc1nc(N)n[nH]1)C(=O)c1cnc2c(c1)CCCN2. The Morgan fingerprint density at radius 3 is 3.14 bits per heavy atom. The molecule has 0 bridgehead atoms. The number of nitrogens with one attached hydrogen (secondary N) is 2. The number of pyridine rings is 1. The van der Waals surface area contributed by atoms with Crippen LogP contribution in [0.5, 0.6) is 0 Å². The Kier molecular flexibility index (Phi) is 3.43. The van der Waals surface area contributed by atoms with E-state index >= 15 is 0 Å². The predicted molar refractivity (Wildman–Crippen MR) is 77.6 cm³/mol. The molecule has 0 spiro atoms. The average Bonchev–Trinajstić information content (AvgIpc) is 2.91. The molecule has 21 heavy (non-hydrogen) atoms. The van der Waals surface area contributed by atoms with Crippen molar-refractivity contribution in [2.24, 2.45) is 0 Å². The lowest BCUT2D eigenvalue weighted by molar-refractivity contribution is 0.0781. The van der Waals surface area contributed by atoms with Crippen molar-refractivity contribution < 1.29 is 4.79 Å². The lowest BCUT2D eigenvalue weighted by Crippen LogP contribution is -2.27. The lowest BCUT2D eigenvalue weighted by atomic mass is 10.0. The van der Waals surface area contributed by atoms with Crippen LogP contribution < -0.4 is 11.1 Å². The van der Waals surface area contributed by atoms with E-state index in [4.69, 9.17) is 5.73 Å². The Bertz CT molecular complexity index is 666. The molecule has 0 fully saturated rings. The van der Waals surface area contributed by atoms with Crippen LogP contribution in [0, 0.1) is 0 Å². The largest absolute Gasteiger partial charge is 0.370 e. The number of hydrogen-bond donors (Lipinski definition) is 3. The van der Waals surface area contributed by atoms with Crippen LogP contribution in [0.3, 0.4) is 0 Å². The number of nitrogens with two attached hydrogens (primary N) is 1. The molecular formula is C13H17N7O. The minimum atomic E-state index is -0.106. The van der Waals surface area contributed by atoms with Gasteiger partial charge in [-0.05, 0) is 24.5 Å². The zero-order valence-electron chi connectivity index (χ0n) is 11.8.